The van der Waals surface area contributed by atoms with Crippen LogP contribution in [0.15, 0.2) is 67.3 Å². The molecule has 0 saturated heterocycles. The summed E-state index contributed by atoms with van der Waals surface area (Å²) in [4.78, 5) is 8.23. The number of pyridine rings is 2. The van der Waals surface area contributed by atoms with Gasteiger partial charge in [0.15, 0.2) is 0 Å². The standard InChI is InChI=1S/C20H20N2/c1-20(2,3)19-13-17(15-4-8-21-9-5-15)12-18(14-19)16-6-10-22-11-7-16/h4-14H,1-3H3. The number of nitrogens with zero attached hydrogens (tertiary/aromatic N) is 2. The molecular weight excluding hydrogens is 268 g/mol. The second-order valence-electron chi connectivity index (χ2n) is 6.52. The van der Waals surface area contributed by atoms with Crippen molar-refractivity contribution in [3.05, 3.63) is 72.8 Å². The lowest BCUT2D eigenvalue weighted by Crippen LogP contribution is -2.11. The molecule has 0 amide bonds. The molecule has 0 N–H and O–H groups in total. The van der Waals surface area contributed by atoms with Crippen molar-refractivity contribution in [2.75, 3.05) is 0 Å². The molecule has 2 heterocycles. The van der Waals surface area contributed by atoms with Crippen LogP contribution in [0.25, 0.3) is 22.3 Å². The second kappa shape index (κ2) is 5.72. The van der Waals surface area contributed by atoms with E-state index < -0.39 is 0 Å². The van der Waals surface area contributed by atoms with Crippen molar-refractivity contribution in [3.63, 3.8) is 0 Å². The zero-order valence-corrected chi connectivity index (χ0v) is 13.2. The molecule has 0 aliphatic heterocycles. The molecule has 22 heavy (non-hydrogen) atoms. The van der Waals surface area contributed by atoms with E-state index in [2.05, 4.69) is 73.2 Å². The Kier molecular flexibility index (Phi) is 3.76. The summed E-state index contributed by atoms with van der Waals surface area (Å²) in [6.45, 7) is 6.74. The van der Waals surface area contributed by atoms with E-state index in [1.165, 1.54) is 27.8 Å². The van der Waals surface area contributed by atoms with Crippen LogP contribution in [0.1, 0.15) is 26.3 Å². The molecule has 0 aliphatic rings. The normalized spacial score (nSPS) is 11.4. The fourth-order valence-electron chi connectivity index (χ4n) is 2.48. The summed E-state index contributed by atoms with van der Waals surface area (Å²) in [5.74, 6) is 0. The number of benzene rings is 1. The summed E-state index contributed by atoms with van der Waals surface area (Å²) in [6, 6.07) is 15.0. The van der Waals surface area contributed by atoms with Crippen LogP contribution in [-0.2, 0) is 5.41 Å². The molecule has 3 aromatic rings. The third-order valence-corrected chi connectivity index (χ3v) is 3.83. The summed E-state index contributed by atoms with van der Waals surface area (Å²) in [7, 11) is 0. The van der Waals surface area contributed by atoms with Crippen LogP contribution in [0.2, 0.25) is 0 Å². The van der Waals surface area contributed by atoms with Gasteiger partial charge in [0.1, 0.15) is 0 Å². The van der Waals surface area contributed by atoms with E-state index in [0.29, 0.717) is 0 Å². The van der Waals surface area contributed by atoms with Crippen molar-refractivity contribution < 1.29 is 0 Å². The van der Waals surface area contributed by atoms with Gasteiger partial charge in [0, 0.05) is 24.8 Å². The smallest absolute Gasteiger partial charge is 0.0273 e. The van der Waals surface area contributed by atoms with Crippen LogP contribution in [0.4, 0.5) is 0 Å². The Morgan fingerprint density at radius 1 is 0.591 bits per heavy atom. The largest absolute Gasteiger partial charge is 0.265 e. The van der Waals surface area contributed by atoms with Crippen molar-refractivity contribution >= 4 is 0 Å². The molecule has 0 atom stereocenters. The SMILES string of the molecule is CC(C)(C)c1cc(-c2ccncc2)cc(-c2ccncc2)c1. The van der Waals surface area contributed by atoms with E-state index in [4.69, 9.17) is 0 Å². The minimum absolute atomic E-state index is 0.102. The molecule has 0 unspecified atom stereocenters. The quantitative estimate of drug-likeness (QED) is 0.655. The monoisotopic (exact) mass is 288 g/mol. The molecule has 0 bridgehead atoms. The highest BCUT2D eigenvalue weighted by atomic mass is 14.6. The van der Waals surface area contributed by atoms with Crippen molar-refractivity contribution in [2.24, 2.45) is 0 Å². The maximum atomic E-state index is 4.11. The highest BCUT2D eigenvalue weighted by Gasteiger charge is 2.16. The van der Waals surface area contributed by atoms with Gasteiger partial charge in [0.25, 0.3) is 0 Å². The van der Waals surface area contributed by atoms with Gasteiger partial charge in [-0.3, -0.25) is 9.97 Å². The Morgan fingerprint density at radius 3 is 1.36 bits per heavy atom. The second-order valence-corrected chi connectivity index (χ2v) is 6.52. The first-order valence-corrected chi connectivity index (χ1v) is 7.50. The van der Waals surface area contributed by atoms with E-state index in [1.54, 1.807) is 0 Å². The first-order valence-electron chi connectivity index (χ1n) is 7.50. The third-order valence-electron chi connectivity index (χ3n) is 3.83. The lowest BCUT2D eigenvalue weighted by molar-refractivity contribution is 0.590. The molecule has 110 valence electrons. The predicted molar refractivity (Wildman–Crippen MR) is 91.6 cm³/mol. The molecular formula is C20H20N2. The number of hydrogen-bond acceptors (Lipinski definition) is 2. The fraction of sp³-hybridized carbons (Fsp3) is 0.200. The first-order chi connectivity index (χ1) is 10.5. The zero-order valence-electron chi connectivity index (χ0n) is 13.2. The Bertz CT molecular complexity index is 699. The van der Waals surface area contributed by atoms with Gasteiger partial charge < -0.3 is 0 Å². The van der Waals surface area contributed by atoms with Crippen molar-refractivity contribution in [1.82, 2.24) is 9.97 Å². The van der Waals surface area contributed by atoms with Crippen LogP contribution in [0.5, 0.6) is 0 Å². The van der Waals surface area contributed by atoms with Gasteiger partial charge in [0.2, 0.25) is 0 Å². The van der Waals surface area contributed by atoms with Gasteiger partial charge in [-0.2, -0.15) is 0 Å². The average Bonchev–Trinajstić information content (AvgIpc) is 2.55. The van der Waals surface area contributed by atoms with Gasteiger partial charge in [-0.15, -0.1) is 0 Å². The van der Waals surface area contributed by atoms with Gasteiger partial charge in [0.05, 0.1) is 0 Å². The minimum atomic E-state index is 0.102. The summed E-state index contributed by atoms with van der Waals surface area (Å²) < 4.78 is 0. The molecule has 3 rings (SSSR count). The van der Waals surface area contributed by atoms with Crippen molar-refractivity contribution in [1.29, 1.82) is 0 Å². The molecule has 2 aromatic heterocycles. The fourth-order valence-corrected chi connectivity index (χ4v) is 2.48. The highest BCUT2D eigenvalue weighted by Crippen LogP contribution is 2.32. The maximum Gasteiger partial charge on any atom is 0.0273 e. The Balaban J connectivity index is 2.19. The van der Waals surface area contributed by atoms with Gasteiger partial charge in [-0.1, -0.05) is 32.9 Å². The molecule has 2 nitrogen and oxygen atoms in total. The lowest BCUT2D eigenvalue weighted by atomic mass is 9.83. The number of aromatic nitrogens is 2. The molecule has 2 heteroatoms. The van der Waals surface area contributed by atoms with Crippen LogP contribution in [0, 0.1) is 0 Å². The summed E-state index contributed by atoms with van der Waals surface area (Å²) in [5, 5.41) is 0. The van der Waals surface area contributed by atoms with E-state index in [-0.39, 0.29) is 5.41 Å². The Hall–Kier alpha value is -2.48. The summed E-state index contributed by atoms with van der Waals surface area (Å²) in [6.07, 6.45) is 7.35. The zero-order chi connectivity index (χ0) is 15.6. The van der Waals surface area contributed by atoms with E-state index in [9.17, 15) is 0 Å². The average molecular weight is 288 g/mol. The topological polar surface area (TPSA) is 25.8 Å². The molecule has 0 radical (unpaired) electrons. The molecule has 0 aliphatic carbocycles. The van der Waals surface area contributed by atoms with Gasteiger partial charge >= 0.3 is 0 Å². The number of hydrogen-bond donors (Lipinski definition) is 0. The minimum Gasteiger partial charge on any atom is -0.265 e. The summed E-state index contributed by atoms with van der Waals surface area (Å²) >= 11 is 0. The molecule has 0 spiro atoms. The third kappa shape index (κ3) is 3.06. The van der Waals surface area contributed by atoms with Gasteiger partial charge in [-0.05, 0) is 63.6 Å². The maximum absolute atomic E-state index is 4.11. The highest BCUT2D eigenvalue weighted by molar-refractivity contribution is 5.74. The molecule has 0 fully saturated rings. The van der Waals surface area contributed by atoms with Crippen LogP contribution < -0.4 is 0 Å². The summed E-state index contributed by atoms with van der Waals surface area (Å²) in [5.41, 5.74) is 6.26. The van der Waals surface area contributed by atoms with E-state index in [0.717, 1.165) is 0 Å². The number of rotatable bonds is 2. The van der Waals surface area contributed by atoms with Crippen LogP contribution in [0.3, 0.4) is 0 Å². The first kappa shape index (κ1) is 14.5. The molecule has 1 aromatic carbocycles. The van der Waals surface area contributed by atoms with Gasteiger partial charge in [-0.25, -0.2) is 0 Å². The van der Waals surface area contributed by atoms with Crippen LogP contribution in [-0.4, -0.2) is 9.97 Å². The predicted octanol–water partition coefficient (Wildman–Crippen LogP) is 5.11. The van der Waals surface area contributed by atoms with Crippen LogP contribution >= 0.6 is 0 Å². The van der Waals surface area contributed by atoms with E-state index >= 15 is 0 Å². The lowest BCUT2D eigenvalue weighted by Gasteiger charge is -2.21. The Labute approximate surface area is 131 Å². The molecule has 0 saturated carbocycles. The Morgan fingerprint density at radius 2 is 1.00 bits per heavy atom. The van der Waals surface area contributed by atoms with E-state index in [1.807, 2.05) is 24.8 Å². The van der Waals surface area contributed by atoms with Crippen molar-refractivity contribution in [2.45, 2.75) is 26.2 Å². The van der Waals surface area contributed by atoms with Crippen molar-refractivity contribution in [3.8, 4) is 22.3 Å².